The first-order valence-electron chi connectivity index (χ1n) is 6.04. The molecule has 0 bridgehead atoms. The van der Waals surface area contributed by atoms with Crippen LogP contribution in [0.3, 0.4) is 0 Å². The number of aryl methyl sites for hydroxylation is 3. The molecule has 0 fully saturated rings. The topological polar surface area (TPSA) is 74.8 Å². The predicted molar refractivity (Wildman–Crippen MR) is 70.6 cm³/mol. The quantitative estimate of drug-likeness (QED) is 0.904. The fourth-order valence-corrected chi connectivity index (χ4v) is 1.87. The molecular formula is C13H17N5O. The van der Waals surface area contributed by atoms with Crippen LogP contribution >= 0.6 is 0 Å². The highest BCUT2D eigenvalue weighted by Crippen LogP contribution is 2.06. The van der Waals surface area contributed by atoms with Gasteiger partial charge in [-0.15, -0.1) is 0 Å². The van der Waals surface area contributed by atoms with E-state index in [-0.39, 0.29) is 5.91 Å². The van der Waals surface area contributed by atoms with E-state index in [4.69, 9.17) is 0 Å². The largest absolute Gasteiger partial charge is 0.345 e. The summed E-state index contributed by atoms with van der Waals surface area (Å²) in [5, 5.41) is 0. The van der Waals surface area contributed by atoms with Crippen LogP contribution in [0.1, 0.15) is 33.5 Å². The highest BCUT2D eigenvalue weighted by Gasteiger charge is 2.15. The van der Waals surface area contributed by atoms with Crippen LogP contribution in [-0.2, 0) is 6.54 Å². The lowest BCUT2D eigenvalue weighted by atomic mass is 10.3. The fraction of sp³-hybridized carbons (Fsp3) is 0.385. The van der Waals surface area contributed by atoms with Crippen molar-refractivity contribution in [3.05, 3.63) is 41.0 Å². The third-order valence-corrected chi connectivity index (χ3v) is 2.67. The second-order valence-electron chi connectivity index (χ2n) is 4.62. The Labute approximate surface area is 111 Å². The summed E-state index contributed by atoms with van der Waals surface area (Å²) in [5.74, 6) is 1.23. The van der Waals surface area contributed by atoms with Crippen LogP contribution in [0.25, 0.3) is 0 Å². The Morgan fingerprint density at radius 2 is 2.05 bits per heavy atom. The van der Waals surface area contributed by atoms with Gasteiger partial charge in [0.2, 0.25) is 0 Å². The van der Waals surface area contributed by atoms with Gasteiger partial charge in [0.1, 0.15) is 17.3 Å². The first-order chi connectivity index (χ1) is 8.95. The molecule has 2 rings (SSSR count). The maximum Gasteiger partial charge on any atom is 0.272 e. The van der Waals surface area contributed by atoms with Gasteiger partial charge in [-0.1, -0.05) is 0 Å². The molecule has 0 aliphatic rings. The van der Waals surface area contributed by atoms with E-state index in [1.807, 2.05) is 13.8 Å². The van der Waals surface area contributed by atoms with Gasteiger partial charge in [-0.2, -0.15) is 0 Å². The number of H-pyrrole nitrogens is 1. The molecule has 0 unspecified atom stereocenters. The minimum absolute atomic E-state index is 0.136. The highest BCUT2D eigenvalue weighted by atomic mass is 16.2. The molecule has 0 radical (unpaired) electrons. The summed E-state index contributed by atoms with van der Waals surface area (Å²) in [7, 11) is 1.73. The smallest absolute Gasteiger partial charge is 0.272 e. The van der Waals surface area contributed by atoms with Gasteiger partial charge in [0, 0.05) is 24.6 Å². The van der Waals surface area contributed by atoms with Gasteiger partial charge >= 0.3 is 0 Å². The molecule has 0 aliphatic heterocycles. The van der Waals surface area contributed by atoms with E-state index in [1.165, 1.54) is 0 Å². The summed E-state index contributed by atoms with van der Waals surface area (Å²) in [6, 6.07) is 1.69. The standard InChI is InChI=1S/C13H17N5O/c1-8-5-11(17-10(3)15-8)13(19)18(4)7-12-14-6-9(2)16-12/h5-6H,7H2,1-4H3,(H,14,16). The minimum Gasteiger partial charge on any atom is -0.345 e. The molecule has 0 spiro atoms. The molecule has 6 nitrogen and oxygen atoms in total. The first-order valence-corrected chi connectivity index (χ1v) is 6.04. The van der Waals surface area contributed by atoms with Crippen molar-refractivity contribution in [3.8, 4) is 0 Å². The number of nitrogens with one attached hydrogen (secondary N) is 1. The molecular weight excluding hydrogens is 242 g/mol. The summed E-state index contributed by atoms with van der Waals surface area (Å²) >= 11 is 0. The zero-order valence-electron chi connectivity index (χ0n) is 11.6. The van der Waals surface area contributed by atoms with Gasteiger partial charge in [-0.05, 0) is 26.8 Å². The van der Waals surface area contributed by atoms with Gasteiger partial charge in [0.15, 0.2) is 0 Å². The van der Waals surface area contributed by atoms with Crippen molar-refractivity contribution in [2.45, 2.75) is 27.3 Å². The van der Waals surface area contributed by atoms with Crippen LogP contribution < -0.4 is 0 Å². The number of carbonyl (C=O) groups is 1. The van der Waals surface area contributed by atoms with Crippen LogP contribution in [0.2, 0.25) is 0 Å². The number of aromatic amines is 1. The molecule has 1 N–H and O–H groups in total. The summed E-state index contributed by atoms with van der Waals surface area (Å²) < 4.78 is 0. The number of carbonyl (C=O) groups excluding carboxylic acids is 1. The Bertz CT molecular complexity index is 585. The van der Waals surface area contributed by atoms with E-state index in [1.54, 1.807) is 31.1 Å². The zero-order chi connectivity index (χ0) is 14.0. The number of hydrogen-bond acceptors (Lipinski definition) is 4. The van der Waals surface area contributed by atoms with Crippen LogP contribution in [0.15, 0.2) is 12.3 Å². The lowest BCUT2D eigenvalue weighted by molar-refractivity contribution is 0.0775. The Balaban J connectivity index is 2.14. The molecule has 0 aromatic carbocycles. The van der Waals surface area contributed by atoms with E-state index in [2.05, 4.69) is 19.9 Å². The van der Waals surface area contributed by atoms with Crippen LogP contribution in [0.5, 0.6) is 0 Å². The monoisotopic (exact) mass is 259 g/mol. The van der Waals surface area contributed by atoms with E-state index < -0.39 is 0 Å². The van der Waals surface area contributed by atoms with E-state index in [0.717, 1.165) is 17.2 Å². The molecule has 1 amide bonds. The maximum atomic E-state index is 12.3. The van der Waals surface area contributed by atoms with Crippen molar-refractivity contribution in [2.24, 2.45) is 0 Å². The molecule has 2 heterocycles. The molecule has 6 heteroatoms. The average Bonchev–Trinajstić information content (AvgIpc) is 2.72. The molecule has 0 saturated heterocycles. The van der Waals surface area contributed by atoms with Gasteiger partial charge in [0.25, 0.3) is 5.91 Å². The van der Waals surface area contributed by atoms with Crippen molar-refractivity contribution < 1.29 is 4.79 Å². The van der Waals surface area contributed by atoms with Crippen molar-refractivity contribution >= 4 is 5.91 Å². The predicted octanol–water partition coefficient (Wildman–Crippen LogP) is 1.40. The van der Waals surface area contributed by atoms with Gasteiger partial charge < -0.3 is 9.88 Å². The summed E-state index contributed by atoms with van der Waals surface area (Å²) in [4.78, 5) is 29.5. The normalized spacial score (nSPS) is 10.5. The molecule has 2 aromatic rings. The number of nitrogens with zero attached hydrogens (tertiary/aromatic N) is 4. The van der Waals surface area contributed by atoms with E-state index in [9.17, 15) is 4.79 Å². The van der Waals surface area contributed by atoms with Crippen LogP contribution in [-0.4, -0.2) is 37.8 Å². The van der Waals surface area contributed by atoms with Gasteiger partial charge in [-0.25, -0.2) is 15.0 Å². The fourth-order valence-electron chi connectivity index (χ4n) is 1.87. The van der Waals surface area contributed by atoms with E-state index in [0.29, 0.717) is 18.1 Å². The number of imidazole rings is 1. The maximum absolute atomic E-state index is 12.3. The summed E-state index contributed by atoms with van der Waals surface area (Å²) in [6.07, 6.45) is 1.74. The molecule has 0 atom stereocenters. The Hall–Kier alpha value is -2.24. The van der Waals surface area contributed by atoms with Gasteiger partial charge in [0.05, 0.1) is 6.54 Å². The molecule has 2 aromatic heterocycles. The number of hydrogen-bond donors (Lipinski definition) is 1. The van der Waals surface area contributed by atoms with Crippen LogP contribution in [0, 0.1) is 20.8 Å². The Kier molecular flexibility index (Phi) is 3.59. The second kappa shape index (κ2) is 5.17. The van der Waals surface area contributed by atoms with Crippen molar-refractivity contribution in [3.63, 3.8) is 0 Å². The lowest BCUT2D eigenvalue weighted by Gasteiger charge is -2.15. The molecule has 0 saturated carbocycles. The van der Waals surface area contributed by atoms with Crippen molar-refractivity contribution in [1.82, 2.24) is 24.8 Å². The second-order valence-corrected chi connectivity index (χ2v) is 4.62. The minimum atomic E-state index is -0.136. The number of amides is 1. The number of aromatic nitrogens is 4. The summed E-state index contributed by atoms with van der Waals surface area (Å²) in [6.45, 7) is 5.98. The molecule has 19 heavy (non-hydrogen) atoms. The molecule has 0 aliphatic carbocycles. The summed E-state index contributed by atoms with van der Waals surface area (Å²) in [5.41, 5.74) is 2.18. The van der Waals surface area contributed by atoms with Crippen LogP contribution in [0.4, 0.5) is 0 Å². The van der Waals surface area contributed by atoms with E-state index >= 15 is 0 Å². The molecule has 100 valence electrons. The average molecular weight is 259 g/mol. The first kappa shape index (κ1) is 13.2. The van der Waals surface area contributed by atoms with Gasteiger partial charge in [-0.3, -0.25) is 4.79 Å². The number of rotatable bonds is 3. The van der Waals surface area contributed by atoms with Crippen molar-refractivity contribution in [1.29, 1.82) is 0 Å². The zero-order valence-corrected chi connectivity index (χ0v) is 11.6. The Morgan fingerprint density at radius 3 is 2.63 bits per heavy atom. The highest BCUT2D eigenvalue weighted by molar-refractivity contribution is 5.92. The third-order valence-electron chi connectivity index (χ3n) is 2.67. The SMILES string of the molecule is Cc1cc(C(=O)N(C)Cc2ncc(C)[nH]2)nc(C)n1. The third kappa shape index (κ3) is 3.15. The lowest BCUT2D eigenvalue weighted by Crippen LogP contribution is -2.28. The van der Waals surface area contributed by atoms with Crippen molar-refractivity contribution in [2.75, 3.05) is 7.05 Å². The Morgan fingerprint density at radius 1 is 1.32 bits per heavy atom.